The molecule has 0 fully saturated rings. The van der Waals surface area contributed by atoms with Crippen LogP contribution in [-0.4, -0.2) is 37.6 Å². The average Bonchev–Trinajstić information content (AvgIpc) is 2.50. The first-order chi connectivity index (χ1) is 10.2. The molecule has 0 aliphatic rings. The molecular formula is C17H24N2O2. The Balaban J connectivity index is 2.43. The van der Waals surface area contributed by atoms with Gasteiger partial charge >= 0.3 is 0 Å². The van der Waals surface area contributed by atoms with Gasteiger partial charge in [0.2, 0.25) is 5.91 Å². The molecule has 0 saturated carbocycles. The van der Waals surface area contributed by atoms with Gasteiger partial charge < -0.3 is 15.4 Å². The van der Waals surface area contributed by atoms with Gasteiger partial charge in [0.1, 0.15) is 0 Å². The van der Waals surface area contributed by atoms with Gasteiger partial charge in [0.25, 0.3) is 0 Å². The monoisotopic (exact) mass is 288 g/mol. The van der Waals surface area contributed by atoms with Crippen molar-refractivity contribution in [2.75, 3.05) is 26.8 Å². The van der Waals surface area contributed by atoms with E-state index in [1.54, 1.807) is 4.90 Å². The standard InChI is InChI=1S/C17H24N2O2/c1-3-21-13-5-7-17(20)19(2)14-16-10-8-15(9-11-16)6-4-12-18/h8-11H,3,5,7,12-14,18H2,1-2H3. The highest BCUT2D eigenvalue weighted by Crippen LogP contribution is 2.07. The van der Waals surface area contributed by atoms with Crippen LogP contribution in [0.15, 0.2) is 24.3 Å². The molecule has 1 aromatic rings. The summed E-state index contributed by atoms with van der Waals surface area (Å²) in [4.78, 5) is 13.7. The van der Waals surface area contributed by atoms with Gasteiger partial charge in [-0.05, 0) is 31.0 Å². The lowest BCUT2D eigenvalue weighted by Gasteiger charge is -2.17. The minimum atomic E-state index is 0.140. The predicted molar refractivity (Wildman–Crippen MR) is 84.6 cm³/mol. The van der Waals surface area contributed by atoms with Crippen LogP contribution in [0.5, 0.6) is 0 Å². The summed E-state index contributed by atoms with van der Waals surface area (Å²) in [6.45, 7) is 4.27. The van der Waals surface area contributed by atoms with Gasteiger partial charge in [-0.3, -0.25) is 4.79 Å². The van der Waals surface area contributed by atoms with E-state index in [-0.39, 0.29) is 5.91 Å². The zero-order valence-electron chi connectivity index (χ0n) is 12.9. The van der Waals surface area contributed by atoms with Gasteiger partial charge in [0.05, 0.1) is 6.54 Å². The number of hydrogen-bond acceptors (Lipinski definition) is 3. The van der Waals surface area contributed by atoms with Gasteiger partial charge in [-0.25, -0.2) is 0 Å². The highest BCUT2D eigenvalue weighted by Gasteiger charge is 2.08. The van der Waals surface area contributed by atoms with E-state index in [0.717, 1.165) is 17.5 Å². The summed E-state index contributed by atoms with van der Waals surface area (Å²) in [6, 6.07) is 7.88. The van der Waals surface area contributed by atoms with E-state index in [1.807, 2.05) is 38.2 Å². The number of nitrogens with two attached hydrogens (primary N) is 1. The van der Waals surface area contributed by atoms with Crippen LogP contribution in [0, 0.1) is 11.8 Å². The van der Waals surface area contributed by atoms with Crippen LogP contribution in [0.4, 0.5) is 0 Å². The fourth-order valence-electron chi connectivity index (χ4n) is 1.87. The average molecular weight is 288 g/mol. The predicted octanol–water partition coefficient (Wildman–Crippen LogP) is 1.77. The van der Waals surface area contributed by atoms with E-state index >= 15 is 0 Å². The second-order valence-corrected chi connectivity index (χ2v) is 4.75. The Hall–Kier alpha value is -1.83. The van der Waals surface area contributed by atoms with Gasteiger partial charge in [0, 0.05) is 38.8 Å². The number of hydrogen-bond donors (Lipinski definition) is 1. The summed E-state index contributed by atoms with van der Waals surface area (Å²) in [5.74, 6) is 5.94. The minimum Gasteiger partial charge on any atom is -0.382 e. The van der Waals surface area contributed by atoms with Crippen LogP contribution in [-0.2, 0) is 16.1 Å². The van der Waals surface area contributed by atoms with Crippen molar-refractivity contribution in [3.05, 3.63) is 35.4 Å². The lowest BCUT2D eigenvalue weighted by Crippen LogP contribution is -2.26. The lowest BCUT2D eigenvalue weighted by atomic mass is 10.1. The fraction of sp³-hybridized carbons (Fsp3) is 0.471. The van der Waals surface area contributed by atoms with Gasteiger partial charge in [-0.1, -0.05) is 24.0 Å². The fourth-order valence-corrected chi connectivity index (χ4v) is 1.87. The molecule has 0 atom stereocenters. The molecule has 0 saturated heterocycles. The first-order valence-electron chi connectivity index (χ1n) is 7.27. The molecule has 114 valence electrons. The zero-order chi connectivity index (χ0) is 15.5. The van der Waals surface area contributed by atoms with Crippen molar-refractivity contribution in [1.29, 1.82) is 0 Å². The minimum absolute atomic E-state index is 0.140. The molecule has 0 aromatic heterocycles. The first kappa shape index (κ1) is 17.2. The van der Waals surface area contributed by atoms with Crippen LogP contribution in [0.1, 0.15) is 30.9 Å². The highest BCUT2D eigenvalue weighted by atomic mass is 16.5. The van der Waals surface area contributed by atoms with Crippen LogP contribution >= 0.6 is 0 Å². The normalized spacial score (nSPS) is 9.86. The SMILES string of the molecule is CCOCCCC(=O)N(C)Cc1ccc(C#CCN)cc1. The summed E-state index contributed by atoms with van der Waals surface area (Å²) in [6.07, 6.45) is 1.29. The number of carbonyl (C=O) groups is 1. The van der Waals surface area contributed by atoms with Crippen molar-refractivity contribution in [2.24, 2.45) is 5.73 Å². The maximum absolute atomic E-state index is 12.0. The zero-order valence-corrected chi connectivity index (χ0v) is 12.9. The van der Waals surface area contributed by atoms with Crippen LogP contribution in [0.2, 0.25) is 0 Å². The second kappa shape index (κ2) is 9.98. The Kier molecular flexibility index (Phi) is 8.18. The highest BCUT2D eigenvalue weighted by molar-refractivity contribution is 5.75. The summed E-state index contributed by atoms with van der Waals surface area (Å²) in [5.41, 5.74) is 7.37. The van der Waals surface area contributed by atoms with Crippen molar-refractivity contribution in [3.63, 3.8) is 0 Å². The maximum atomic E-state index is 12.0. The number of rotatable bonds is 7. The van der Waals surface area contributed by atoms with E-state index in [0.29, 0.717) is 32.7 Å². The number of carbonyl (C=O) groups excluding carboxylic acids is 1. The molecule has 0 radical (unpaired) electrons. The van der Waals surface area contributed by atoms with Crippen LogP contribution in [0.25, 0.3) is 0 Å². The first-order valence-corrected chi connectivity index (χ1v) is 7.27. The third-order valence-corrected chi connectivity index (χ3v) is 3.02. The molecular weight excluding hydrogens is 264 g/mol. The number of amides is 1. The Bertz CT molecular complexity index is 486. The molecule has 2 N–H and O–H groups in total. The van der Waals surface area contributed by atoms with E-state index in [2.05, 4.69) is 11.8 Å². The largest absolute Gasteiger partial charge is 0.382 e. The molecule has 1 amide bonds. The van der Waals surface area contributed by atoms with Gasteiger partial charge in [-0.2, -0.15) is 0 Å². The Morgan fingerprint density at radius 2 is 2.05 bits per heavy atom. The molecule has 1 rings (SSSR count). The Labute approximate surface area is 127 Å². The van der Waals surface area contributed by atoms with E-state index in [9.17, 15) is 4.79 Å². The number of ether oxygens (including phenoxy) is 1. The molecule has 4 nitrogen and oxygen atoms in total. The molecule has 0 spiro atoms. The number of nitrogens with zero attached hydrogens (tertiary/aromatic N) is 1. The van der Waals surface area contributed by atoms with E-state index in [1.165, 1.54) is 0 Å². The Morgan fingerprint density at radius 1 is 1.33 bits per heavy atom. The number of benzene rings is 1. The van der Waals surface area contributed by atoms with Crippen molar-refractivity contribution >= 4 is 5.91 Å². The van der Waals surface area contributed by atoms with E-state index in [4.69, 9.17) is 10.5 Å². The van der Waals surface area contributed by atoms with Gasteiger partial charge in [-0.15, -0.1) is 0 Å². The Morgan fingerprint density at radius 3 is 2.67 bits per heavy atom. The third kappa shape index (κ3) is 6.94. The van der Waals surface area contributed by atoms with E-state index < -0.39 is 0 Å². The van der Waals surface area contributed by atoms with Crippen LogP contribution < -0.4 is 5.73 Å². The lowest BCUT2D eigenvalue weighted by molar-refractivity contribution is -0.130. The smallest absolute Gasteiger partial charge is 0.222 e. The molecule has 0 unspecified atom stereocenters. The summed E-state index contributed by atoms with van der Waals surface area (Å²) in [7, 11) is 1.82. The maximum Gasteiger partial charge on any atom is 0.222 e. The van der Waals surface area contributed by atoms with Crippen molar-refractivity contribution in [3.8, 4) is 11.8 Å². The van der Waals surface area contributed by atoms with Crippen molar-refractivity contribution < 1.29 is 9.53 Å². The molecule has 1 aromatic carbocycles. The molecule has 0 aliphatic carbocycles. The summed E-state index contributed by atoms with van der Waals surface area (Å²) >= 11 is 0. The van der Waals surface area contributed by atoms with Gasteiger partial charge in [0.15, 0.2) is 0 Å². The molecule has 0 aliphatic heterocycles. The second-order valence-electron chi connectivity index (χ2n) is 4.75. The molecule has 0 heterocycles. The molecule has 0 bridgehead atoms. The third-order valence-electron chi connectivity index (χ3n) is 3.02. The molecule has 4 heteroatoms. The van der Waals surface area contributed by atoms with Crippen molar-refractivity contribution in [1.82, 2.24) is 4.90 Å². The van der Waals surface area contributed by atoms with Crippen molar-refractivity contribution in [2.45, 2.75) is 26.3 Å². The molecule has 21 heavy (non-hydrogen) atoms. The summed E-state index contributed by atoms with van der Waals surface area (Å²) in [5, 5.41) is 0. The summed E-state index contributed by atoms with van der Waals surface area (Å²) < 4.78 is 5.23. The van der Waals surface area contributed by atoms with Crippen LogP contribution in [0.3, 0.4) is 0 Å². The topological polar surface area (TPSA) is 55.6 Å². The quantitative estimate of drug-likeness (QED) is 0.614.